The Kier molecular flexibility index (Phi) is 4.61. The van der Waals surface area contributed by atoms with Crippen molar-refractivity contribution in [3.05, 3.63) is 64.4 Å². The first-order valence-electron chi connectivity index (χ1n) is 8.79. The second-order valence-electron chi connectivity index (χ2n) is 6.85. The van der Waals surface area contributed by atoms with Gasteiger partial charge in [0.05, 0.1) is 10.4 Å². The summed E-state index contributed by atoms with van der Waals surface area (Å²) < 4.78 is 45.2. The number of hydrogen-bond acceptors (Lipinski definition) is 4. The second kappa shape index (κ2) is 6.94. The van der Waals surface area contributed by atoms with Crippen LogP contribution in [0.5, 0.6) is 0 Å². The number of sulfonamides is 1. The fourth-order valence-corrected chi connectivity index (χ4v) is 5.03. The van der Waals surface area contributed by atoms with Crippen LogP contribution in [0.4, 0.5) is 4.39 Å². The van der Waals surface area contributed by atoms with Crippen LogP contribution < -0.4 is 5.76 Å². The summed E-state index contributed by atoms with van der Waals surface area (Å²) in [5.41, 5.74) is 1.76. The lowest BCUT2D eigenvalue weighted by Gasteiger charge is -2.31. The molecule has 2 heterocycles. The lowest BCUT2D eigenvalue weighted by atomic mass is 9.91. The third kappa shape index (κ3) is 3.68. The Labute approximate surface area is 155 Å². The van der Waals surface area contributed by atoms with Crippen LogP contribution in [-0.4, -0.2) is 30.8 Å². The molecule has 1 aliphatic rings. The van der Waals surface area contributed by atoms with Crippen molar-refractivity contribution in [2.24, 2.45) is 5.92 Å². The Bertz CT molecular complexity index is 1110. The topological polar surface area (TPSA) is 83.4 Å². The molecule has 27 heavy (non-hydrogen) atoms. The van der Waals surface area contributed by atoms with Crippen molar-refractivity contribution in [3.8, 4) is 0 Å². The summed E-state index contributed by atoms with van der Waals surface area (Å²) in [5, 5.41) is 0. The average Bonchev–Trinajstić information content (AvgIpc) is 3.03. The highest BCUT2D eigenvalue weighted by Crippen LogP contribution is 2.27. The van der Waals surface area contributed by atoms with E-state index in [1.165, 1.54) is 34.6 Å². The van der Waals surface area contributed by atoms with E-state index in [0.29, 0.717) is 24.5 Å². The molecule has 1 aromatic heterocycles. The molecule has 0 radical (unpaired) electrons. The number of benzene rings is 2. The fourth-order valence-electron chi connectivity index (χ4n) is 3.54. The summed E-state index contributed by atoms with van der Waals surface area (Å²) in [6, 6.07) is 10.8. The molecule has 0 saturated carbocycles. The molecule has 1 saturated heterocycles. The molecule has 6 nitrogen and oxygen atoms in total. The summed E-state index contributed by atoms with van der Waals surface area (Å²) >= 11 is 0. The van der Waals surface area contributed by atoms with Gasteiger partial charge in [0.1, 0.15) is 5.82 Å². The number of piperidine rings is 1. The molecule has 0 aliphatic carbocycles. The molecule has 1 N–H and O–H groups in total. The third-order valence-electron chi connectivity index (χ3n) is 5.04. The molecule has 0 atom stereocenters. The minimum Gasteiger partial charge on any atom is -0.408 e. The SMILES string of the molecule is O=c1[nH]c2ccc(S(=O)(=O)N3CCC(Cc4ccc(F)cc4)CC3)cc2o1. The molecule has 8 heteroatoms. The number of halogens is 1. The Morgan fingerprint density at radius 2 is 1.81 bits per heavy atom. The molecule has 0 bridgehead atoms. The summed E-state index contributed by atoms with van der Waals surface area (Å²) in [6.45, 7) is 0.868. The van der Waals surface area contributed by atoms with Crippen molar-refractivity contribution in [1.29, 1.82) is 0 Å². The number of nitrogens with zero attached hydrogens (tertiary/aromatic N) is 1. The van der Waals surface area contributed by atoms with Gasteiger partial charge in [0.2, 0.25) is 10.0 Å². The standard InChI is InChI=1S/C19H19FN2O4S/c20-15-3-1-13(2-4-15)11-14-7-9-22(10-8-14)27(24,25)16-5-6-17-18(12-16)26-19(23)21-17/h1-6,12,14H,7-11H2,(H,21,23). The molecule has 1 fully saturated rings. The van der Waals surface area contributed by atoms with Crippen molar-refractivity contribution < 1.29 is 17.2 Å². The maximum absolute atomic E-state index is 13.0. The summed E-state index contributed by atoms with van der Waals surface area (Å²) in [7, 11) is -3.64. The highest BCUT2D eigenvalue weighted by molar-refractivity contribution is 7.89. The van der Waals surface area contributed by atoms with E-state index in [1.54, 1.807) is 12.1 Å². The molecule has 0 amide bonds. The molecule has 0 unspecified atom stereocenters. The monoisotopic (exact) mass is 390 g/mol. The molecular formula is C19H19FN2O4S. The Morgan fingerprint density at radius 1 is 1.11 bits per heavy atom. The molecule has 142 valence electrons. The minimum absolute atomic E-state index is 0.120. The number of aromatic nitrogens is 1. The molecule has 1 aliphatic heterocycles. The van der Waals surface area contributed by atoms with E-state index in [4.69, 9.17) is 4.42 Å². The number of fused-ring (bicyclic) bond motifs is 1. The van der Waals surface area contributed by atoms with Crippen LogP contribution >= 0.6 is 0 Å². The van der Waals surface area contributed by atoms with Gasteiger partial charge < -0.3 is 4.42 Å². The average molecular weight is 390 g/mol. The predicted molar refractivity (Wildman–Crippen MR) is 98.4 cm³/mol. The largest absolute Gasteiger partial charge is 0.417 e. The predicted octanol–water partition coefficient (Wildman–Crippen LogP) is 2.90. The van der Waals surface area contributed by atoms with Crippen LogP contribution in [-0.2, 0) is 16.4 Å². The smallest absolute Gasteiger partial charge is 0.408 e. The fraction of sp³-hybridized carbons (Fsp3) is 0.316. The molecule has 3 aromatic rings. The highest BCUT2D eigenvalue weighted by atomic mass is 32.2. The first kappa shape index (κ1) is 17.9. The minimum atomic E-state index is -3.64. The molecule has 0 spiro atoms. The lowest BCUT2D eigenvalue weighted by molar-refractivity contribution is 0.273. The van der Waals surface area contributed by atoms with E-state index in [0.717, 1.165) is 24.8 Å². The number of H-pyrrole nitrogens is 1. The Balaban J connectivity index is 1.45. The van der Waals surface area contributed by atoms with E-state index >= 15 is 0 Å². The summed E-state index contributed by atoms with van der Waals surface area (Å²) in [6.07, 6.45) is 2.31. The van der Waals surface area contributed by atoms with Crippen LogP contribution in [0.3, 0.4) is 0 Å². The van der Waals surface area contributed by atoms with Gasteiger partial charge in [-0.25, -0.2) is 17.6 Å². The zero-order valence-electron chi connectivity index (χ0n) is 14.5. The van der Waals surface area contributed by atoms with Gasteiger partial charge in [-0.3, -0.25) is 4.98 Å². The van der Waals surface area contributed by atoms with E-state index < -0.39 is 15.8 Å². The third-order valence-corrected chi connectivity index (χ3v) is 6.94. The first-order chi connectivity index (χ1) is 12.9. The summed E-state index contributed by atoms with van der Waals surface area (Å²) in [5.74, 6) is -0.497. The van der Waals surface area contributed by atoms with Crippen molar-refractivity contribution in [1.82, 2.24) is 9.29 Å². The number of oxazole rings is 1. The number of hydrogen-bond donors (Lipinski definition) is 1. The zero-order valence-corrected chi connectivity index (χ0v) is 15.3. The highest BCUT2D eigenvalue weighted by Gasteiger charge is 2.29. The molecular weight excluding hydrogens is 371 g/mol. The van der Waals surface area contributed by atoms with E-state index in [-0.39, 0.29) is 16.3 Å². The molecule has 4 rings (SSSR count). The van der Waals surface area contributed by atoms with Gasteiger partial charge in [0, 0.05) is 19.2 Å². The first-order valence-corrected chi connectivity index (χ1v) is 10.2. The molecule has 2 aromatic carbocycles. The number of rotatable bonds is 4. The normalized spacial score (nSPS) is 16.8. The van der Waals surface area contributed by atoms with Gasteiger partial charge >= 0.3 is 5.76 Å². The van der Waals surface area contributed by atoms with Gasteiger partial charge in [-0.15, -0.1) is 0 Å². The van der Waals surface area contributed by atoms with Gasteiger partial charge in [0.25, 0.3) is 0 Å². The van der Waals surface area contributed by atoms with Crippen molar-refractivity contribution >= 4 is 21.1 Å². The van der Waals surface area contributed by atoms with Crippen LogP contribution in [0.2, 0.25) is 0 Å². The van der Waals surface area contributed by atoms with Crippen LogP contribution in [0.25, 0.3) is 11.1 Å². The summed E-state index contributed by atoms with van der Waals surface area (Å²) in [4.78, 5) is 13.9. The maximum atomic E-state index is 13.0. The van der Waals surface area contributed by atoms with Crippen molar-refractivity contribution in [3.63, 3.8) is 0 Å². The number of aromatic amines is 1. The zero-order chi connectivity index (χ0) is 19.0. The van der Waals surface area contributed by atoms with Gasteiger partial charge in [-0.2, -0.15) is 4.31 Å². The Hall–Kier alpha value is -2.45. The quantitative estimate of drug-likeness (QED) is 0.742. The van der Waals surface area contributed by atoms with Crippen LogP contribution in [0.1, 0.15) is 18.4 Å². The van der Waals surface area contributed by atoms with Crippen molar-refractivity contribution in [2.75, 3.05) is 13.1 Å². The van der Waals surface area contributed by atoms with E-state index in [2.05, 4.69) is 4.98 Å². The van der Waals surface area contributed by atoms with Crippen molar-refractivity contribution in [2.45, 2.75) is 24.2 Å². The van der Waals surface area contributed by atoms with Crippen LogP contribution in [0, 0.1) is 11.7 Å². The Morgan fingerprint density at radius 3 is 2.52 bits per heavy atom. The van der Waals surface area contributed by atoms with Crippen LogP contribution in [0.15, 0.2) is 56.6 Å². The lowest BCUT2D eigenvalue weighted by Crippen LogP contribution is -2.38. The van der Waals surface area contributed by atoms with Gasteiger partial charge in [0.15, 0.2) is 5.58 Å². The van der Waals surface area contributed by atoms with Gasteiger partial charge in [-0.1, -0.05) is 12.1 Å². The van der Waals surface area contributed by atoms with E-state index in [1.807, 2.05) is 0 Å². The second-order valence-corrected chi connectivity index (χ2v) is 8.79. The maximum Gasteiger partial charge on any atom is 0.417 e. The number of nitrogens with one attached hydrogen (secondary N) is 1. The van der Waals surface area contributed by atoms with Gasteiger partial charge in [-0.05, 0) is 55.0 Å². The van der Waals surface area contributed by atoms with E-state index in [9.17, 15) is 17.6 Å².